The van der Waals surface area contributed by atoms with Crippen molar-refractivity contribution in [2.75, 3.05) is 0 Å². The molecule has 0 atom stereocenters. The van der Waals surface area contributed by atoms with Gasteiger partial charge in [0.2, 0.25) is 0 Å². The van der Waals surface area contributed by atoms with Gasteiger partial charge in [-0.25, -0.2) is 0 Å². The van der Waals surface area contributed by atoms with Crippen molar-refractivity contribution in [1.82, 2.24) is 12.3 Å². The highest BCUT2D eigenvalue weighted by atomic mass is 32.1. The molecule has 0 bridgehead atoms. The lowest BCUT2D eigenvalue weighted by molar-refractivity contribution is 2.13. The third kappa shape index (κ3) is 88.4. The Labute approximate surface area is 79.6 Å². The van der Waals surface area contributed by atoms with Crippen molar-refractivity contribution in [3.63, 3.8) is 0 Å². The Hall–Kier alpha value is 1.67. The smallest absolute Gasteiger partial charge is 0.369 e. The first-order valence-corrected chi connectivity index (χ1v) is 0. The van der Waals surface area contributed by atoms with E-state index >= 15 is 0 Å². The second-order valence-corrected chi connectivity index (χ2v) is 0. The number of rotatable bonds is 0. The number of quaternary nitrogens is 2. The summed E-state index contributed by atoms with van der Waals surface area (Å²) in [6, 6.07) is 0. The third-order valence-corrected chi connectivity index (χ3v) is 0. The highest BCUT2D eigenvalue weighted by Crippen LogP contribution is 0.00162. The van der Waals surface area contributed by atoms with Crippen LogP contribution in [0.2, 0.25) is 0 Å². The molecule has 8 N–H and O–H groups in total. The lowest BCUT2D eigenvalue weighted by atomic mass is 14.0. The zero-order valence-electron chi connectivity index (χ0n) is 4.04. The summed E-state index contributed by atoms with van der Waals surface area (Å²) >= 11 is 0. The molecule has 0 fully saturated rings. The van der Waals surface area contributed by atoms with E-state index in [-0.39, 0.29) is 79.8 Å². The van der Waals surface area contributed by atoms with E-state index in [0.29, 0.717) is 0 Å². The van der Waals surface area contributed by atoms with Crippen LogP contribution in [0.3, 0.4) is 0 Å². The van der Waals surface area contributed by atoms with Gasteiger partial charge < -0.3 is 79.8 Å². The van der Waals surface area contributed by atoms with E-state index in [1.54, 1.807) is 0 Å². The number of hydrogen-bond acceptors (Lipinski definition) is 0. The Balaban J connectivity index is 0. The molecule has 0 aromatic rings. The van der Waals surface area contributed by atoms with Gasteiger partial charge in [-0.15, -0.1) is 0 Å². The molecule has 0 aromatic carbocycles. The molecule has 2 nitrogen and oxygen atoms in total. The van der Waals surface area contributed by atoms with Crippen molar-refractivity contribution in [3.05, 3.63) is 0 Å². The quantitative estimate of drug-likeness (QED) is 0.574. The molecule has 0 unspecified atom stereocenters. The van der Waals surface area contributed by atoms with Gasteiger partial charge in [0.05, 0.1) is 0 Å². The molecule has 7 heavy (non-hydrogen) atoms. The van der Waals surface area contributed by atoms with Gasteiger partial charge >= 0.3 is 0 Å². The highest BCUT2D eigenvalue weighted by Gasteiger charge is -0.368. The third-order valence-electron chi connectivity index (χ3n) is 0. The van der Waals surface area contributed by atoms with E-state index in [0.717, 1.165) is 0 Å². The largest absolute Gasteiger partial charge is 2.00 e. The molecule has 0 aliphatic carbocycles. The topological polar surface area (TPSA) is 73.0 Å². The van der Waals surface area contributed by atoms with Crippen LogP contribution in [-0.4, -0.2) is 0 Å². The molecule has 7 heteroatoms. The maximum Gasteiger partial charge on any atom is -0.369 e. The maximum atomic E-state index is 0. The van der Waals surface area contributed by atoms with Crippen molar-refractivity contribution in [2.24, 2.45) is 0 Å². The molecule has 0 heterocycles. The molecular formula is H8N2S5-8. The highest BCUT2D eigenvalue weighted by molar-refractivity contribution is 7.37. The second-order valence-electron chi connectivity index (χ2n) is 0. The lowest BCUT2D eigenvalue weighted by Gasteiger charge is -2.00. The molecule has 0 saturated heterocycles. The van der Waals surface area contributed by atoms with Gasteiger partial charge in [-0.2, -0.15) is 0 Å². The standard InChI is InChI=1S/2H3N.5S/h2*1H3;;;;;/q;;5*-2/p+2. The fourth-order valence-corrected chi connectivity index (χ4v) is 0. The van der Waals surface area contributed by atoms with E-state index in [9.17, 15) is 0 Å². The van der Waals surface area contributed by atoms with Crippen LogP contribution >= 0.6 is 0 Å². The van der Waals surface area contributed by atoms with Crippen LogP contribution in [0, 0.1) is 0 Å². The summed E-state index contributed by atoms with van der Waals surface area (Å²) in [6.45, 7) is 0. The van der Waals surface area contributed by atoms with Crippen molar-refractivity contribution in [3.8, 4) is 0 Å². The molecule has 0 aromatic heterocycles. The zero-order valence-corrected chi connectivity index (χ0v) is 8.12. The minimum Gasteiger partial charge on any atom is -2.00 e. The molecule has 0 aliphatic rings. The molecule has 0 rings (SSSR count). The normalized spacial score (nSPS) is 0. The Morgan fingerprint density at radius 2 is 0.286 bits per heavy atom. The van der Waals surface area contributed by atoms with Crippen molar-refractivity contribution in [2.45, 2.75) is 0 Å². The first-order valence-electron chi connectivity index (χ1n) is 0. The van der Waals surface area contributed by atoms with Gasteiger partial charge in [0.1, 0.15) is 0 Å². The van der Waals surface area contributed by atoms with Crippen LogP contribution in [0.15, 0.2) is 0 Å². The molecule has 0 aliphatic heterocycles. The van der Waals surface area contributed by atoms with Crippen LogP contribution in [0.1, 0.15) is 0 Å². The maximum absolute atomic E-state index is 0. The van der Waals surface area contributed by atoms with E-state index in [2.05, 4.69) is 0 Å². The molecule has 0 radical (unpaired) electrons. The monoisotopic (exact) mass is 196 g/mol. The molecular weight excluding hydrogens is 188 g/mol. The van der Waals surface area contributed by atoms with E-state index in [1.807, 2.05) is 0 Å². The predicted molar refractivity (Wildman–Crippen MR) is 48.8 cm³/mol. The second kappa shape index (κ2) is 122. The van der Waals surface area contributed by atoms with Gasteiger partial charge in [-0.1, -0.05) is 0 Å². The van der Waals surface area contributed by atoms with Crippen LogP contribution in [0.25, 0.3) is 0 Å². The van der Waals surface area contributed by atoms with Gasteiger partial charge in [-0.05, 0) is 0 Å². The average molecular weight is 196 g/mol. The Morgan fingerprint density at radius 3 is 0.286 bits per heavy atom. The van der Waals surface area contributed by atoms with Crippen LogP contribution in [-0.2, 0) is 67.5 Å². The summed E-state index contributed by atoms with van der Waals surface area (Å²) in [5, 5.41) is 0. The fraction of sp³-hybridized carbons (Fsp3) is 0. The molecule has 0 amide bonds. The minimum atomic E-state index is 0. The average Bonchev–Trinajstić information content (AvgIpc) is 0. The SMILES string of the molecule is [NH4+].[NH4+].[S-2].[S-2].[S-2].[S-2].[S-2]. The summed E-state index contributed by atoms with van der Waals surface area (Å²) in [5.41, 5.74) is 0. The Kier molecular flexibility index (Phi) is 3200. The van der Waals surface area contributed by atoms with E-state index < -0.39 is 0 Å². The van der Waals surface area contributed by atoms with Crippen LogP contribution in [0.5, 0.6) is 0 Å². The predicted octanol–water partition coefficient (Wildman–Crippen LogP) is 0.740. The van der Waals surface area contributed by atoms with Crippen LogP contribution in [0.4, 0.5) is 0 Å². The number of hydrogen-bond donors (Lipinski definition) is 2. The minimum absolute atomic E-state index is 0. The Bertz CT molecular complexity index is 6.04. The van der Waals surface area contributed by atoms with Gasteiger partial charge in [0.15, 0.2) is 0 Å². The summed E-state index contributed by atoms with van der Waals surface area (Å²) in [5.74, 6) is 0. The van der Waals surface area contributed by atoms with E-state index in [1.165, 1.54) is 0 Å². The van der Waals surface area contributed by atoms with Crippen molar-refractivity contribution in [1.29, 1.82) is 0 Å². The summed E-state index contributed by atoms with van der Waals surface area (Å²) in [7, 11) is 0. The molecule has 56 valence electrons. The fourth-order valence-electron chi connectivity index (χ4n) is 0. The van der Waals surface area contributed by atoms with Crippen molar-refractivity contribution < 1.29 is 0 Å². The molecule has 0 saturated carbocycles. The summed E-state index contributed by atoms with van der Waals surface area (Å²) in [6.07, 6.45) is 0. The molecule has 0 spiro atoms. The van der Waals surface area contributed by atoms with Gasteiger partial charge in [0, 0.05) is 0 Å². The first-order chi connectivity index (χ1) is 0. The summed E-state index contributed by atoms with van der Waals surface area (Å²) in [4.78, 5) is 0. The van der Waals surface area contributed by atoms with Gasteiger partial charge in [-0.3, -0.25) is 0 Å². The first kappa shape index (κ1) is 183. The van der Waals surface area contributed by atoms with Crippen molar-refractivity contribution >= 4 is 67.5 Å². The van der Waals surface area contributed by atoms with Crippen LogP contribution < -0.4 is 12.3 Å². The lowest BCUT2D eigenvalue weighted by Crippen LogP contribution is -0.482. The van der Waals surface area contributed by atoms with E-state index in [4.69, 9.17) is 0 Å². The summed E-state index contributed by atoms with van der Waals surface area (Å²) < 4.78 is 0. The zero-order chi connectivity index (χ0) is 0. The van der Waals surface area contributed by atoms with Gasteiger partial charge in [0.25, 0.3) is 0 Å². The Morgan fingerprint density at radius 1 is 0.286 bits per heavy atom.